The summed E-state index contributed by atoms with van der Waals surface area (Å²) in [6.45, 7) is 0.587. The molecule has 0 aromatic rings. The van der Waals surface area contributed by atoms with Gasteiger partial charge in [-0.1, -0.05) is 12.8 Å². The van der Waals surface area contributed by atoms with Gasteiger partial charge in [0.2, 0.25) is 0 Å². The molecule has 1 aliphatic carbocycles. The van der Waals surface area contributed by atoms with Gasteiger partial charge in [-0.3, -0.25) is 0 Å². The molecule has 3 unspecified atom stereocenters. The van der Waals surface area contributed by atoms with Crippen LogP contribution in [0.2, 0.25) is 0 Å². The number of hydrogen-bond acceptors (Lipinski definition) is 2. The van der Waals surface area contributed by atoms with E-state index in [1.165, 1.54) is 6.26 Å². The van der Waals surface area contributed by atoms with Crippen LogP contribution in [-0.4, -0.2) is 24.0 Å². The summed E-state index contributed by atoms with van der Waals surface area (Å²) in [6.07, 6.45) is -0.391. The average molecular weight is 264 g/mol. The fraction of sp³-hybridized carbons (Fsp3) is 0.846. The number of aliphatic hydroxyl groups excluding tert-OH is 1. The molecule has 0 aromatic carbocycles. The fourth-order valence-corrected chi connectivity index (χ4v) is 3.02. The van der Waals surface area contributed by atoms with Crippen LogP contribution in [0.1, 0.15) is 38.5 Å². The Bertz CT molecular complexity index is 312. The SMILES string of the molecule is OC(C1=COCCC1)C1CCCCC1C(F)(F)F. The highest BCUT2D eigenvalue weighted by Crippen LogP contribution is 2.44. The molecule has 0 spiro atoms. The number of alkyl halides is 3. The molecule has 1 N–H and O–H groups in total. The Kier molecular flexibility index (Phi) is 4.20. The van der Waals surface area contributed by atoms with Crippen molar-refractivity contribution in [3.63, 3.8) is 0 Å². The first-order valence-electron chi connectivity index (χ1n) is 6.55. The van der Waals surface area contributed by atoms with E-state index in [0.717, 1.165) is 12.8 Å². The van der Waals surface area contributed by atoms with Gasteiger partial charge in [-0.05, 0) is 31.3 Å². The summed E-state index contributed by atoms with van der Waals surface area (Å²) in [7, 11) is 0. The van der Waals surface area contributed by atoms with Gasteiger partial charge in [0.05, 0.1) is 24.9 Å². The number of aliphatic hydroxyl groups is 1. The van der Waals surface area contributed by atoms with Crippen molar-refractivity contribution in [3.8, 4) is 0 Å². The van der Waals surface area contributed by atoms with Crippen LogP contribution in [0.4, 0.5) is 13.2 Å². The molecule has 2 nitrogen and oxygen atoms in total. The molecule has 2 rings (SSSR count). The molecule has 1 heterocycles. The monoisotopic (exact) mass is 264 g/mol. The highest BCUT2D eigenvalue weighted by atomic mass is 19.4. The van der Waals surface area contributed by atoms with Crippen molar-refractivity contribution < 1.29 is 23.0 Å². The van der Waals surface area contributed by atoms with Crippen LogP contribution in [-0.2, 0) is 4.74 Å². The van der Waals surface area contributed by atoms with Gasteiger partial charge in [0.1, 0.15) is 0 Å². The number of ether oxygens (including phenoxy) is 1. The molecule has 1 saturated carbocycles. The summed E-state index contributed by atoms with van der Waals surface area (Å²) < 4.78 is 44.0. The minimum atomic E-state index is -4.21. The third-order valence-electron chi connectivity index (χ3n) is 3.99. The van der Waals surface area contributed by atoms with E-state index in [4.69, 9.17) is 4.74 Å². The van der Waals surface area contributed by atoms with Crippen LogP contribution in [0, 0.1) is 11.8 Å². The predicted molar refractivity (Wildman–Crippen MR) is 60.8 cm³/mol. The fourth-order valence-electron chi connectivity index (χ4n) is 3.02. The lowest BCUT2D eigenvalue weighted by molar-refractivity contribution is -0.204. The highest BCUT2D eigenvalue weighted by Gasteiger charge is 2.48. The lowest BCUT2D eigenvalue weighted by Crippen LogP contribution is -2.40. The van der Waals surface area contributed by atoms with Crippen molar-refractivity contribution in [2.75, 3.05) is 6.61 Å². The lowest BCUT2D eigenvalue weighted by atomic mass is 9.73. The maximum Gasteiger partial charge on any atom is 0.392 e. The van der Waals surface area contributed by atoms with E-state index in [1.807, 2.05) is 0 Å². The zero-order valence-corrected chi connectivity index (χ0v) is 10.2. The zero-order chi connectivity index (χ0) is 13.2. The molecular weight excluding hydrogens is 245 g/mol. The third kappa shape index (κ3) is 2.99. The second kappa shape index (κ2) is 5.51. The van der Waals surface area contributed by atoms with Gasteiger partial charge in [0, 0.05) is 5.92 Å². The van der Waals surface area contributed by atoms with Crippen LogP contribution >= 0.6 is 0 Å². The molecule has 0 radical (unpaired) electrons. The maximum atomic E-state index is 13.0. The molecule has 1 aliphatic heterocycles. The molecule has 5 heteroatoms. The quantitative estimate of drug-likeness (QED) is 0.828. The molecule has 0 aromatic heterocycles. The van der Waals surface area contributed by atoms with Crippen molar-refractivity contribution in [2.45, 2.75) is 50.8 Å². The Labute approximate surface area is 105 Å². The number of rotatable bonds is 2. The van der Waals surface area contributed by atoms with Gasteiger partial charge >= 0.3 is 6.18 Å². The third-order valence-corrected chi connectivity index (χ3v) is 3.99. The summed E-state index contributed by atoms with van der Waals surface area (Å²) in [5.41, 5.74) is 0.627. The molecule has 0 amide bonds. The van der Waals surface area contributed by atoms with Crippen molar-refractivity contribution in [3.05, 3.63) is 11.8 Å². The summed E-state index contributed by atoms with van der Waals surface area (Å²) >= 11 is 0. The molecule has 0 saturated heterocycles. The van der Waals surface area contributed by atoms with Crippen molar-refractivity contribution in [1.29, 1.82) is 0 Å². The topological polar surface area (TPSA) is 29.5 Å². The Morgan fingerprint density at radius 2 is 1.94 bits per heavy atom. The van der Waals surface area contributed by atoms with Crippen LogP contribution in [0.3, 0.4) is 0 Å². The van der Waals surface area contributed by atoms with E-state index in [1.54, 1.807) is 0 Å². The van der Waals surface area contributed by atoms with Gasteiger partial charge in [-0.2, -0.15) is 13.2 Å². The van der Waals surface area contributed by atoms with Crippen molar-refractivity contribution in [2.24, 2.45) is 11.8 Å². The van der Waals surface area contributed by atoms with Gasteiger partial charge in [-0.25, -0.2) is 0 Å². The van der Waals surface area contributed by atoms with Crippen molar-refractivity contribution in [1.82, 2.24) is 0 Å². The van der Waals surface area contributed by atoms with Gasteiger partial charge in [0.15, 0.2) is 0 Å². The summed E-state index contributed by atoms with van der Waals surface area (Å²) in [6, 6.07) is 0. The van der Waals surface area contributed by atoms with Crippen molar-refractivity contribution >= 4 is 0 Å². The van der Waals surface area contributed by atoms with Crippen LogP contribution in [0.5, 0.6) is 0 Å². The van der Waals surface area contributed by atoms with Gasteiger partial charge in [0.25, 0.3) is 0 Å². The predicted octanol–water partition coefficient (Wildman–Crippen LogP) is 3.41. The first-order chi connectivity index (χ1) is 8.50. The van der Waals surface area contributed by atoms with Gasteiger partial charge in [-0.15, -0.1) is 0 Å². The van der Waals surface area contributed by atoms with E-state index < -0.39 is 24.1 Å². The first kappa shape index (κ1) is 13.7. The first-order valence-corrected chi connectivity index (χ1v) is 6.55. The van der Waals surface area contributed by atoms with Crippen LogP contribution < -0.4 is 0 Å². The number of hydrogen-bond donors (Lipinski definition) is 1. The summed E-state index contributed by atoms with van der Waals surface area (Å²) in [5.74, 6) is -2.07. The molecule has 3 atom stereocenters. The molecule has 18 heavy (non-hydrogen) atoms. The molecule has 2 aliphatic rings. The zero-order valence-electron chi connectivity index (χ0n) is 10.2. The van der Waals surface area contributed by atoms with Crippen LogP contribution in [0.25, 0.3) is 0 Å². The second-order valence-electron chi connectivity index (χ2n) is 5.21. The number of halogens is 3. The largest absolute Gasteiger partial charge is 0.501 e. The minimum absolute atomic E-state index is 0.138. The minimum Gasteiger partial charge on any atom is -0.501 e. The van der Waals surface area contributed by atoms with Crippen LogP contribution in [0.15, 0.2) is 11.8 Å². The van der Waals surface area contributed by atoms with E-state index >= 15 is 0 Å². The Morgan fingerprint density at radius 1 is 1.22 bits per heavy atom. The standard InChI is InChI=1S/C13H19F3O2/c14-13(15,16)11-6-2-1-5-10(11)12(17)9-4-3-7-18-8-9/h8,10-12,17H,1-7H2. The van der Waals surface area contributed by atoms with Gasteiger partial charge < -0.3 is 9.84 Å². The smallest absolute Gasteiger partial charge is 0.392 e. The van der Waals surface area contributed by atoms with E-state index in [9.17, 15) is 18.3 Å². The molecular formula is C13H19F3O2. The highest BCUT2D eigenvalue weighted by molar-refractivity contribution is 5.10. The van der Waals surface area contributed by atoms with E-state index in [0.29, 0.717) is 31.4 Å². The Hall–Kier alpha value is -0.710. The summed E-state index contributed by atoms with van der Waals surface area (Å²) in [4.78, 5) is 0. The molecule has 0 bridgehead atoms. The maximum absolute atomic E-state index is 13.0. The normalized spacial score (nSPS) is 31.4. The average Bonchev–Trinajstić information content (AvgIpc) is 2.38. The molecule has 1 fully saturated rings. The molecule has 104 valence electrons. The lowest BCUT2D eigenvalue weighted by Gasteiger charge is -2.37. The Balaban J connectivity index is 2.10. The Morgan fingerprint density at radius 3 is 2.56 bits per heavy atom. The summed E-state index contributed by atoms with van der Waals surface area (Å²) in [5, 5.41) is 10.2. The second-order valence-corrected chi connectivity index (χ2v) is 5.21. The van der Waals surface area contributed by atoms with E-state index in [-0.39, 0.29) is 6.42 Å². The van der Waals surface area contributed by atoms with E-state index in [2.05, 4.69) is 0 Å².